The fourth-order valence-electron chi connectivity index (χ4n) is 4.14. The average molecular weight is 381 g/mol. The van der Waals surface area contributed by atoms with Crippen LogP contribution in [-0.2, 0) is 6.54 Å². The smallest absolute Gasteiger partial charge is 0.341 e. The first-order valence-electron chi connectivity index (χ1n) is 9.49. The quantitative estimate of drug-likeness (QED) is 0.730. The molecule has 144 valence electrons. The van der Waals surface area contributed by atoms with E-state index < -0.39 is 17.2 Å². The van der Waals surface area contributed by atoms with Crippen LogP contribution in [0.1, 0.15) is 47.9 Å². The fourth-order valence-corrected chi connectivity index (χ4v) is 4.14. The molecular formula is C21H20FN3O3. The van der Waals surface area contributed by atoms with Crippen molar-refractivity contribution in [3.05, 3.63) is 57.9 Å². The molecule has 1 aliphatic heterocycles. The van der Waals surface area contributed by atoms with Crippen LogP contribution in [0.3, 0.4) is 0 Å². The largest absolute Gasteiger partial charge is 0.477 e. The molecule has 0 spiro atoms. The second kappa shape index (κ2) is 6.04. The van der Waals surface area contributed by atoms with E-state index in [1.807, 2.05) is 16.8 Å². The van der Waals surface area contributed by atoms with Crippen molar-refractivity contribution >= 4 is 16.9 Å². The van der Waals surface area contributed by atoms with Gasteiger partial charge in [-0.1, -0.05) is 0 Å². The Labute approximate surface area is 160 Å². The third-order valence-corrected chi connectivity index (χ3v) is 5.78. The zero-order chi connectivity index (χ0) is 19.6. The van der Waals surface area contributed by atoms with Crippen LogP contribution in [0.4, 0.5) is 4.39 Å². The molecule has 0 amide bonds. The second-order valence-corrected chi connectivity index (χ2v) is 7.69. The molecule has 3 heterocycles. The number of nitrogens with zero attached hydrogens (tertiary/aromatic N) is 2. The van der Waals surface area contributed by atoms with E-state index >= 15 is 4.39 Å². The topological polar surface area (TPSA) is 76.3 Å². The molecule has 3 aromatic rings. The number of pyridine rings is 1. The van der Waals surface area contributed by atoms with Crippen molar-refractivity contribution in [1.29, 1.82) is 0 Å². The molecule has 5 rings (SSSR count). The number of carboxylic acids is 1. The number of halogens is 1. The molecule has 6 nitrogen and oxygen atoms in total. The molecule has 1 fully saturated rings. The van der Waals surface area contributed by atoms with E-state index in [0.717, 1.165) is 37.2 Å². The van der Waals surface area contributed by atoms with Crippen LogP contribution in [-0.4, -0.2) is 26.8 Å². The van der Waals surface area contributed by atoms with Crippen molar-refractivity contribution in [2.75, 3.05) is 6.54 Å². The van der Waals surface area contributed by atoms with Crippen molar-refractivity contribution in [2.24, 2.45) is 0 Å². The minimum Gasteiger partial charge on any atom is -0.477 e. The summed E-state index contributed by atoms with van der Waals surface area (Å²) in [6, 6.07) is 5.21. The van der Waals surface area contributed by atoms with E-state index in [9.17, 15) is 14.7 Å². The summed E-state index contributed by atoms with van der Waals surface area (Å²) < 4.78 is 19.0. The Balaban J connectivity index is 1.75. The highest BCUT2D eigenvalue weighted by molar-refractivity contribution is 5.94. The summed E-state index contributed by atoms with van der Waals surface area (Å²) in [6.07, 6.45) is 5.20. The number of hydrogen-bond acceptors (Lipinski definition) is 3. The number of carboxylic acid groups (broad SMARTS) is 1. The minimum absolute atomic E-state index is 0.118. The Morgan fingerprint density at radius 1 is 1.25 bits per heavy atom. The lowest BCUT2D eigenvalue weighted by Gasteiger charge is -2.22. The van der Waals surface area contributed by atoms with E-state index in [1.54, 1.807) is 6.07 Å². The molecule has 2 N–H and O–H groups in total. The first-order chi connectivity index (χ1) is 13.4. The van der Waals surface area contributed by atoms with Crippen molar-refractivity contribution in [3.63, 3.8) is 0 Å². The highest BCUT2D eigenvalue weighted by Gasteiger charge is 2.28. The summed E-state index contributed by atoms with van der Waals surface area (Å²) in [7, 11) is 0. The van der Waals surface area contributed by atoms with Crippen LogP contribution in [0, 0.1) is 5.82 Å². The lowest BCUT2D eigenvalue weighted by Crippen LogP contribution is -2.30. The molecule has 1 saturated carbocycles. The molecule has 2 aliphatic rings. The first kappa shape index (κ1) is 17.2. The number of fused-ring (bicyclic) bond motifs is 2. The van der Waals surface area contributed by atoms with Gasteiger partial charge in [0.25, 0.3) is 0 Å². The predicted molar refractivity (Wildman–Crippen MR) is 103 cm³/mol. The van der Waals surface area contributed by atoms with Crippen LogP contribution in [0.15, 0.2) is 35.4 Å². The van der Waals surface area contributed by atoms with Crippen LogP contribution in [0.25, 0.3) is 22.0 Å². The van der Waals surface area contributed by atoms with Crippen LogP contribution in [0.5, 0.6) is 0 Å². The van der Waals surface area contributed by atoms with Gasteiger partial charge in [-0.3, -0.25) is 4.79 Å². The van der Waals surface area contributed by atoms with Gasteiger partial charge in [0, 0.05) is 59.8 Å². The van der Waals surface area contributed by atoms with Gasteiger partial charge in [0.05, 0.1) is 5.52 Å². The lowest BCUT2D eigenvalue weighted by atomic mass is 10.0. The predicted octanol–water partition coefficient (Wildman–Crippen LogP) is 3.31. The van der Waals surface area contributed by atoms with Gasteiger partial charge in [0.15, 0.2) is 0 Å². The maximum Gasteiger partial charge on any atom is 0.341 e. The monoisotopic (exact) mass is 381 g/mol. The van der Waals surface area contributed by atoms with Gasteiger partial charge < -0.3 is 19.6 Å². The zero-order valence-electron chi connectivity index (χ0n) is 15.4. The number of hydrogen-bond donors (Lipinski definition) is 2. The third kappa shape index (κ3) is 2.57. The van der Waals surface area contributed by atoms with Crippen LogP contribution < -0.4 is 10.7 Å². The summed E-state index contributed by atoms with van der Waals surface area (Å²) >= 11 is 0. The van der Waals surface area contributed by atoms with E-state index in [0.29, 0.717) is 11.1 Å². The van der Waals surface area contributed by atoms with Gasteiger partial charge in [-0.05, 0) is 38.0 Å². The maximum atomic E-state index is 15.0. The maximum absolute atomic E-state index is 15.0. The van der Waals surface area contributed by atoms with Gasteiger partial charge >= 0.3 is 5.97 Å². The molecular weight excluding hydrogens is 361 g/mol. The Bertz CT molecular complexity index is 1190. The number of carbonyl (C=O) groups is 1. The van der Waals surface area contributed by atoms with Gasteiger partial charge in [0.2, 0.25) is 5.43 Å². The highest BCUT2D eigenvalue weighted by Crippen LogP contribution is 2.38. The summed E-state index contributed by atoms with van der Waals surface area (Å²) in [5.74, 6) is -1.80. The van der Waals surface area contributed by atoms with Crippen molar-refractivity contribution in [3.8, 4) is 11.1 Å². The summed E-state index contributed by atoms with van der Waals surface area (Å²) in [5, 5.41) is 12.9. The molecule has 0 radical (unpaired) electrons. The number of aromatic carboxylic acids is 1. The molecule has 1 atom stereocenters. The number of aromatic nitrogens is 2. The highest BCUT2D eigenvalue weighted by atomic mass is 19.1. The third-order valence-electron chi connectivity index (χ3n) is 5.78. The lowest BCUT2D eigenvalue weighted by molar-refractivity contribution is 0.0695. The van der Waals surface area contributed by atoms with E-state index in [1.165, 1.54) is 12.3 Å². The van der Waals surface area contributed by atoms with Gasteiger partial charge in [-0.25, -0.2) is 9.18 Å². The summed E-state index contributed by atoms with van der Waals surface area (Å²) in [6.45, 7) is 3.76. The summed E-state index contributed by atoms with van der Waals surface area (Å²) in [4.78, 5) is 24.1. The van der Waals surface area contributed by atoms with Crippen LogP contribution >= 0.6 is 0 Å². The van der Waals surface area contributed by atoms with Gasteiger partial charge in [-0.15, -0.1) is 0 Å². The molecule has 7 heteroatoms. The first-order valence-corrected chi connectivity index (χ1v) is 9.49. The van der Waals surface area contributed by atoms with Crippen molar-refractivity contribution in [1.82, 2.24) is 14.5 Å². The molecule has 1 aromatic carbocycles. The zero-order valence-corrected chi connectivity index (χ0v) is 15.4. The van der Waals surface area contributed by atoms with Crippen molar-refractivity contribution in [2.45, 2.75) is 38.4 Å². The normalized spacial score (nSPS) is 19.0. The van der Waals surface area contributed by atoms with Gasteiger partial charge in [-0.2, -0.15) is 0 Å². The Morgan fingerprint density at radius 2 is 2.04 bits per heavy atom. The molecule has 0 saturated heterocycles. The van der Waals surface area contributed by atoms with Crippen molar-refractivity contribution < 1.29 is 14.3 Å². The van der Waals surface area contributed by atoms with E-state index in [4.69, 9.17) is 0 Å². The molecule has 0 unspecified atom stereocenters. The van der Waals surface area contributed by atoms with Crippen LogP contribution in [0.2, 0.25) is 0 Å². The molecule has 28 heavy (non-hydrogen) atoms. The Morgan fingerprint density at radius 3 is 2.71 bits per heavy atom. The summed E-state index contributed by atoms with van der Waals surface area (Å²) in [5.41, 5.74) is 1.93. The minimum atomic E-state index is -1.28. The number of benzene rings is 1. The molecule has 0 bridgehead atoms. The number of rotatable bonds is 3. The molecule has 1 aliphatic carbocycles. The van der Waals surface area contributed by atoms with Gasteiger partial charge in [0.1, 0.15) is 11.4 Å². The molecule has 2 aromatic heterocycles. The Hall–Kier alpha value is -2.93. The van der Waals surface area contributed by atoms with E-state index in [2.05, 4.69) is 16.8 Å². The Kier molecular flexibility index (Phi) is 3.71. The van der Waals surface area contributed by atoms with E-state index in [-0.39, 0.29) is 23.0 Å². The SMILES string of the molecule is C[C@@H]1NCCn2cc(-c3cc4c(cc3F)c(=O)c(C(=O)O)cn4C3CC3)cc21. The number of nitrogens with one attached hydrogen (secondary N) is 1. The standard InChI is InChI=1S/C21H20FN3O3/c1-11-18-6-12(9-24(18)5-4-23-11)14-8-19-15(7-17(14)22)20(26)16(21(27)28)10-25(19)13-2-3-13/h6-11,13,23H,2-5H2,1H3,(H,27,28)/t11-/m0/s1. The second-order valence-electron chi connectivity index (χ2n) is 7.69. The fraction of sp³-hybridized carbons (Fsp3) is 0.333. The average Bonchev–Trinajstić information content (AvgIpc) is 3.40.